The fraction of sp³-hybridized carbons (Fsp3) is 0.273. The zero-order valence-electron chi connectivity index (χ0n) is 15.2. The summed E-state index contributed by atoms with van der Waals surface area (Å²) in [5.74, 6) is -2.37. The molecule has 1 aliphatic heterocycles. The second-order valence-corrected chi connectivity index (χ2v) is 6.81. The van der Waals surface area contributed by atoms with Crippen LogP contribution in [-0.4, -0.2) is 23.5 Å². The zero-order chi connectivity index (χ0) is 19.4. The number of nitrogens with zero attached hydrogens (tertiary/aromatic N) is 1. The summed E-state index contributed by atoms with van der Waals surface area (Å²) < 4.78 is 0. The minimum atomic E-state index is -1.09. The number of para-hydroxylation sites is 1. The van der Waals surface area contributed by atoms with Gasteiger partial charge in [-0.2, -0.15) is 0 Å². The van der Waals surface area contributed by atoms with Crippen molar-refractivity contribution in [1.82, 2.24) is 0 Å². The van der Waals surface area contributed by atoms with Gasteiger partial charge in [0.2, 0.25) is 5.91 Å². The Morgan fingerprint density at radius 3 is 2.41 bits per heavy atom. The summed E-state index contributed by atoms with van der Waals surface area (Å²) in [5.41, 5.74) is 7.01. The molecule has 27 heavy (non-hydrogen) atoms. The lowest BCUT2D eigenvalue weighted by Crippen LogP contribution is -2.58. The van der Waals surface area contributed by atoms with Gasteiger partial charge in [-0.1, -0.05) is 48.5 Å². The lowest BCUT2D eigenvalue weighted by atomic mass is 9.75. The number of piperidine rings is 1. The van der Waals surface area contributed by atoms with Gasteiger partial charge in [0.05, 0.1) is 5.92 Å². The van der Waals surface area contributed by atoms with Crippen LogP contribution in [0.15, 0.2) is 67.3 Å². The highest BCUT2D eigenvalue weighted by Gasteiger charge is 2.47. The number of benzene rings is 2. The molecular weight excluding hydrogens is 340 g/mol. The third-order valence-corrected chi connectivity index (χ3v) is 5.35. The third-order valence-electron chi connectivity index (χ3n) is 5.35. The fourth-order valence-electron chi connectivity index (χ4n) is 4.11. The molecule has 2 aromatic rings. The van der Waals surface area contributed by atoms with E-state index in [2.05, 4.69) is 6.58 Å². The van der Waals surface area contributed by atoms with Gasteiger partial charge >= 0.3 is 5.97 Å². The molecule has 0 spiro atoms. The van der Waals surface area contributed by atoms with Crippen LogP contribution in [0.4, 0.5) is 5.69 Å². The van der Waals surface area contributed by atoms with Gasteiger partial charge < -0.3 is 15.7 Å². The molecule has 0 aliphatic carbocycles. The maximum absolute atomic E-state index is 12.9. The lowest BCUT2D eigenvalue weighted by molar-refractivity contribution is -0.137. The summed E-state index contributed by atoms with van der Waals surface area (Å²) in [4.78, 5) is 26.7. The Labute approximate surface area is 159 Å². The van der Waals surface area contributed by atoms with Gasteiger partial charge in [-0.15, -0.1) is 6.58 Å². The van der Waals surface area contributed by atoms with Crippen LogP contribution < -0.4 is 10.6 Å². The standard InChI is InChI=1S/C22H24N2O3/c1-2-17(20(25)26)18-12-6-7-13-19(18)22(21(23)27)14-8-9-15-24(22)16-10-4-3-5-11-16/h2-7,10-13,17H,1,8-9,14-15H2,(H2,23,27)(H,25,26). The molecule has 1 amide bonds. The summed E-state index contributed by atoms with van der Waals surface area (Å²) in [5, 5.41) is 9.65. The Morgan fingerprint density at radius 2 is 1.78 bits per heavy atom. The zero-order valence-corrected chi connectivity index (χ0v) is 15.2. The van der Waals surface area contributed by atoms with E-state index in [1.54, 1.807) is 12.1 Å². The van der Waals surface area contributed by atoms with E-state index in [9.17, 15) is 14.7 Å². The predicted octanol–water partition coefficient (Wildman–Crippen LogP) is 3.41. The van der Waals surface area contributed by atoms with E-state index in [0.29, 0.717) is 24.1 Å². The largest absolute Gasteiger partial charge is 0.481 e. The van der Waals surface area contributed by atoms with Gasteiger partial charge in [-0.25, -0.2) is 0 Å². The Hall–Kier alpha value is -3.08. The van der Waals surface area contributed by atoms with E-state index in [0.717, 1.165) is 18.5 Å². The van der Waals surface area contributed by atoms with Crippen molar-refractivity contribution in [3.8, 4) is 0 Å². The first-order valence-corrected chi connectivity index (χ1v) is 9.09. The molecule has 2 aromatic carbocycles. The van der Waals surface area contributed by atoms with Crippen LogP contribution >= 0.6 is 0 Å². The highest BCUT2D eigenvalue weighted by Crippen LogP contribution is 2.43. The summed E-state index contributed by atoms with van der Waals surface area (Å²) >= 11 is 0. The second kappa shape index (κ2) is 7.66. The number of hydrogen-bond acceptors (Lipinski definition) is 3. The number of aliphatic carboxylic acids is 1. The van der Waals surface area contributed by atoms with Crippen LogP contribution in [0.3, 0.4) is 0 Å². The van der Waals surface area contributed by atoms with Gasteiger partial charge in [0.25, 0.3) is 0 Å². The van der Waals surface area contributed by atoms with Crippen molar-refractivity contribution in [2.24, 2.45) is 5.73 Å². The maximum atomic E-state index is 12.9. The van der Waals surface area contributed by atoms with Crippen LogP contribution in [0.2, 0.25) is 0 Å². The molecule has 1 heterocycles. The molecule has 1 aliphatic rings. The first kappa shape index (κ1) is 18.7. The third kappa shape index (κ3) is 3.21. The van der Waals surface area contributed by atoms with Crippen molar-refractivity contribution in [2.45, 2.75) is 30.7 Å². The molecule has 3 rings (SSSR count). The quantitative estimate of drug-likeness (QED) is 0.770. The van der Waals surface area contributed by atoms with Crippen molar-refractivity contribution in [2.75, 3.05) is 11.4 Å². The van der Waals surface area contributed by atoms with E-state index in [-0.39, 0.29) is 0 Å². The Kier molecular flexibility index (Phi) is 5.31. The van der Waals surface area contributed by atoms with Crippen LogP contribution in [0.5, 0.6) is 0 Å². The number of nitrogens with two attached hydrogens (primary N) is 1. The molecule has 0 saturated carbocycles. The topological polar surface area (TPSA) is 83.6 Å². The Bertz CT molecular complexity index is 850. The molecule has 0 bridgehead atoms. The number of carbonyl (C=O) groups is 2. The number of carboxylic acids is 1. The number of carbonyl (C=O) groups excluding carboxylic acids is 1. The summed E-state index contributed by atoms with van der Waals surface area (Å²) in [6.07, 6.45) is 3.71. The molecule has 1 fully saturated rings. The predicted molar refractivity (Wildman–Crippen MR) is 106 cm³/mol. The summed E-state index contributed by atoms with van der Waals surface area (Å²) in [6.45, 7) is 4.35. The Morgan fingerprint density at radius 1 is 1.11 bits per heavy atom. The van der Waals surface area contributed by atoms with Crippen molar-refractivity contribution in [1.29, 1.82) is 0 Å². The normalized spacial score (nSPS) is 20.7. The number of carboxylic acid groups (broad SMARTS) is 1. The first-order valence-electron chi connectivity index (χ1n) is 9.09. The second-order valence-electron chi connectivity index (χ2n) is 6.81. The average molecular weight is 364 g/mol. The highest BCUT2D eigenvalue weighted by molar-refractivity contribution is 5.92. The molecular formula is C22H24N2O3. The SMILES string of the molecule is C=CC(C(=O)O)c1ccccc1C1(C(N)=O)CCCCN1c1ccccc1. The molecule has 0 aromatic heterocycles. The van der Waals surface area contributed by atoms with Gasteiger partial charge in [-0.05, 0) is 42.5 Å². The van der Waals surface area contributed by atoms with E-state index in [1.165, 1.54) is 6.08 Å². The van der Waals surface area contributed by atoms with Gasteiger partial charge in [0, 0.05) is 12.2 Å². The van der Waals surface area contributed by atoms with Gasteiger partial charge in [0.1, 0.15) is 5.54 Å². The lowest BCUT2D eigenvalue weighted by Gasteiger charge is -2.47. The molecule has 2 atom stereocenters. The van der Waals surface area contributed by atoms with E-state index in [1.807, 2.05) is 47.4 Å². The smallest absolute Gasteiger partial charge is 0.314 e. The summed E-state index contributed by atoms with van der Waals surface area (Å²) in [7, 11) is 0. The molecule has 5 heteroatoms. The first-order chi connectivity index (χ1) is 13.0. The molecule has 5 nitrogen and oxygen atoms in total. The molecule has 1 saturated heterocycles. The molecule has 0 radical (unpaired) electrons. The van der Waals surface area contributed by atoms with Crippen LogP contribution in [0, 0.1) is 0 Å². The summed E-state index contributed by atoms with van der Waals surface area (Å²) in [6, 6.07) is 16.8. The molecule has 3 N–H and O–H groups in total. The van der Waals surface area contributed by atoms with E-state index >= 15 is 0 Å². The maximum Gasteiger partial charge on any atom is 0.314 e. The van der Waals surface area contributed by atoms with Crippen molar-refractivity contribution in [3.63, 3.8) is 0 Å². The Balaban J connectivity index is 2.25. The van der Waals surface area contributed by atoms with Crippen LogP contribution in [0.25, 0.3) is 0 Å². The number of anilines is 1. The van der Waals surface area contributed by atoms with Crippen molar-refractivity contribution >= 4 is 17.6 Å². The average Bonchev–Trinajstić information content (AvgIpc) is 2.69. The van der Waals surface area contributed by atoms with Crippen LogP contribution in [-0.2, 0) is 15.1 Å². The minimum absolute atomic E-state index is 0.466. The number of rotatable bonds is 6. The number of primary amides is 1. The monoisotopic (exact) mass is 364 g/mol. The van der Waals surface area contributed by atoms with E-state index in [4.69, 9.17) is 5.73 Å². The highest BCUT2D eigenvalue weighted by atomic mass is 16.4. The van der Waals surface area contributed by atoms with Crippen LogP contribution in [0.1, 0.15) is 36.3 Å². The molecule has 140 valence electrons. The minimum Gasteiger partial charge on any atom is -0.481 e. The van der Waals surface area contributed by atoms with Crippen molar-refractivity contribution in [3.05, 3.63) is 78.4 Å². The van der Waals surface area contributed by atoms with Gasteiger partial charge in [-0.3, -0.25) is 9.59 Å². The van der Waals surface area contributed by atoms with Gasteiger partial charge in [0.15, 0.2) is 0 Å². The number of hydrogen-bond donors (Lipinski definition) is 2. The number of amides is 1. The van der Waals surface area contributed by atoms with E-state index < -0.39 is 23.3 Å². The fourth-order valence-corrected chi connectivity index (χ4v) is 4.11. The molecule has 2 unspecified atom stereocenters. The van der Waals surface area contributed by atoms with Crippen molar-refractivity contribution < 1.29 is 14.7 Å².